The summed E-state index contributed by atoms with van der Waals surface area (Å²) in [6.45, 7) is 4.00. The van der Waals surface area contributed by atoms with Gasteiger partial charge in [-0.15, -0.1) is 0 Å². The summed E-state index contributed by atoms with van der Waals surface area (Å²) in [5.41, 5.74) is 0. The Morgan fingerprint density at radius 2 is 0.833 bits per heavy atom. The van der Waals surface area contributed by atoms with Crippen molar-refractivity contribution < 1.29 is 42.3 Å². The van der Waals surface area contributed by atoms with Gasteiger partial charge in [-0.25, -0.2) is 0 Å². The third-order valence-corrected chi connectivity index (χ3v) is 0. The summed E-state index contributed by atoms with van der Waals surface area (Å²) in [5.74, 6) is 0. The van der Waals surface area contributed by atoms with Crippen LogP contribution in [0.2, 0.25) is 0 Å². The van der Waals surface area contributed by atoms with E-state index in [9.17, 15) is 0 Å². The van der Waals surface area contributed by atoms with Crippen LogP contribution in [0.25, 0.3) is 0 Å². The number of rotatable bonds is 0. The summed E-state index contributed by atoms with van der Waals surface area (Å²) in [5, 5.41) is 0. The van der Waals surface area contributed by atoms with Gasteiger partial charge < -0.3 is 9.59 Å². The first-order valence-corrected chi connectivity index (χ1v) is 0.577. The van der Waals surface area contributed by atoms with Crippen molar-refractivity contribution in [3.05, 3.63) is 0 Å². The fraction of sp³-hybridized carbons (Fsp3) is 0.333. The van der Waals surface area contributed by atoms with Gasteiger partial charge in [-0.05, 0) is 0 Å². The summed E-state index contributed by atoms with van der Waals surface area (Å²) in [7, 11) is 0. The van der Waals surface area contributed by atoms with Crippen LogP contribution in [-0.4, -0.2) is 13.6 Å². The molecule has 35 valence electrons. The van der Waals surface area contributed by atoms with Crippen LogP contribution in [0.4, 0.5) is 0 Å². The molecule has 0 saturated heterocycles. The van der Waals surface area contributed by atoms with Gasteiger partial charge in [-0.1, -0.05) is 7.43 Å². The van der Waals surface area contributed by atoms with E-state index in [1.165, 1.54) is 0 Å². The predicted octanol–water partition coefficient (Wildman–Crippen LogP) is 0.264. The summed E-state index contributed by atoms with van der Waals surface area (Å²) < 4.78 is 0. The summed E-state index contributed by atoms with van der Waals surface area (Å²) in [6, 6.07) is 0. The molecule has 0 aliphatic heterocycles. The van der Waals surface area contributed by atoms with Gasteiger partial charge in [0.25, 0.3) is 0 Å². The first-order chi connectivity index (χ1) is 2.00. The molecule has 0 heterocycles. The van der Waals surface area contributed by atoms with E-state index in [1.54, 1.807) is 0 Å². The Balaban J connectivity index is -0.00000000500. The molecule has 0 atom stereocenters. The molecule has 0 N–H and O–H groups in total. The van der Waals surface area contributed by atoms with E-state index in [0.717, 1.165) is 0 Å². The predicted molar refractivity (Wildman–Crippen MR) is 21.0 cm³/mol. The van der Waals surface area contributed by atoms with E-state index in [1.807, 2.05) is 13.6 Å². The van der Waals surface area contributed by atoms with Gasteiger partial charge in [0, 0.05) is 32.7 Å². The third-order valence-electron chi connectivity index (χ3n) is 0. The Labute approximate surface area is 63.2 Å². The second-order valence-corrected chi connectivity index (χ2v) is 0. The Morgan fingerprint density at radius 3 is 0.833 bits per heavy atom. The van der Waals surface area contributed by atoms with Gasteiger partial charge in [-0.3, -0.25) is 0 Å². The van der Waals surface area contributed by atoms with Crippen LogP contribution in [0.5, 0.6) is 0 Å². The summed E-state index contributed by atoms with van der Waals surface area (Å²) in [6.07, 6.45) is 0. The first kappa shape index (κ1) is 32.0. The van der Waals surface area contributed by atoms with Crippen molar-refractivity contribution in [2.45, 2.75) is 7.43 Å². The topological polar surface area (TPSA) is 34.1 Å². The van der Waals surface area contributed by atoms with Gasteiger partial charge in [0.05, 0.1) is 0 Å². The third kappa shape index (κ3) is 267. The average molecular weight is 165 g/mol. The van der Waals surface area contributed by atoms with E-state index < -0.39 is 0 Å². The minimum absolute atomic E-state index is 0. The normalized spacial score (nSPS) is 1.33. The Morgan fingerprint density at radius 1 is 0.833 bits per heavy atom. The molecule has 0 saturated carbocycles. The maximum atomic E-state index is 8.00. The van der Waals surface area contributed by atoms with Gasteiger partial charge in [0.1, 0.15) is 13.6 Å². The molecule has 6 heavy (non-hydrogen) atoms. The molecule has 0 aromatic rings. The quantitative estimate of drug-likeness (QED) is 0.516. The van der Waals surface area contributed by atoms with Gasteiger partial charge in [-0.2, -0.15) is 0 Å². The van der Waals surface area contributed by atoms with E-state index in [2.05, 4.69) is 0 Å². The average Bonchev–Trinajstić information content (AvgIpc) is 1.50. The van der Waals surface area contributed by atoms with Crippen molar-refractivity contribution in [3.8, 4) is 0 Å². The van der Waals surface area contributed by atoms with Crippen LogP contribution in [0.15, 0.2) is 0 Å². The zero-order chi connectivity index (χ0) is 4.00. The van der Waals surface area contributed by atoms with Crippen molar-refractivity contribution in [1.29, 1.82) is 0 Å². The molecule has 0 bridgehead atoms. The Hall–Kier alpha value is 0.444. The number of carbonyl (C=O) groups is 2. The fourth-order valence-corrected chi connectivity index (χ4v) is 0. The maximum absolute atomic E-state index is 8.00. The van der Waals surface area contributed by atoms with Crippen LogP contribution >= 0.6 is 0 Å². The minimum atomic E-state index is 0. The minimum Gasteiger partial charge on any atom is -0.307 e. The van der Waals surface area contributed by atoms with Crippen LogP contribution in [0, 0.1) is 0 Å². The van der Waals surface area contributed by atoms with Crippen LogP contribution < -0.4 is 0 Å². The Kier molecular flexibility index (Phi) is 2910. The van der Waals surface area contributed by atoms with Crippen LogP contribution in [0.3, 0.4) is 0 Å². The van der Waals surface area contributed by atoms with E-state index >= 15 is 0 Å². The van der Waals surface area contributed by atoms with Gasteiger partial charge in [0.2, 0.25) is 0 Å². The first-order valence-electron chi connectivity index (χ1n) is 0.577. The molecule has 2 nitrogen and oxygen atoms in total. The van der Waals surface area contributed by atoms with Gasteiger partial charge in [0.15, 0.2) is 0 Å². The van der Waals surface area contributed by atoms with Crippen molar-refractivity contribution in [2.24, 2.45) is 0 Å². The molecular formula is C3H8O2Y. The molecule has 0 aliphatic carbocycles. The number of hydrogen-bond donors (Lipinski definition) is 0. The Bertz CT molecular complexity index is 10.8. The fourth-order valence-electron chi connectivity index (χ4n) is 0. The van der Waals surface area contributed by atoms with Gasteiger partial charge >= 0.3 is 0 Å². The van der Waals surface area contributed by atoms with Crippen LogP contribution in [0.1, 0.15) is 7.43 Å². The number of hydrogen-bond acceptors (Lipinski definition) is 2. The molecular weight excluding hydrogens is 157 g/mol. The molecule has 0 aromatic carbocycles. The monoisotopic (exact) mass is 165 g/mol. The second kappa shape index (κ2) is 546. The SMILES string of the molecule is C.C=O.C=O.[Y]. The van der Waals surface area contributed by atoms with E-state index in [0.29, 0.717) is 0 Å². The zero-order valence-electron chi connectivity index (χ0n) is 2.81. The molecule has 0 fully saturated rings. The van der Waals surface area contributed by atoms with E-state index in [-0.39, 0.29) is 40.1 Å². The summed E-state index contributed by atoms with van der Waals surface area (Å²) >= 11 is 0. The largest absolute Gasteiger partial charge is 0.307 e. The van der Waals surface area contributed by atoms with Crippen molar-refractivity contribution >= 4 is 13.6 Å². The molecule has 0 unspecified atom stereocenters. The van der Waals surface area contributed by atoms with Crippen LogP contribution in [-0.2, 0) is 42.3 Å². The molecule has 0 spiro atoms. The molecule has 0 aliphatic rings. The maximum Gasteiger partial charge on any atom is 0.106 e. The second-order valence-electron chi connectivity index (χ2n) is 0. The molecule has 0 aromatic heterocycles. The molecule has 3 heteroatoms. The molecule has 1 radical (unpaired) electrons. The smallest absolute Gasteiger partial charge is 0.106 e. The zero-order valence-corrected chi connectivity index (χ0v) is 5.65. The molecule has 0 rings (SSSR count). The summed E-state index contributed by atoms with van der Waals surface area (Å²) in [4.78, 5) is 16.0. The molecule has 0 amide bonds. The van der Waals surface area contributed by atoms with E-state index in [4.69, 9.17) is 9.59 Å². The van der Waals surface area contributed by atoms with Crippen molar-refractivity contribution in [3.63, 3.8) is 0 Å². The van der Waals surface area contributed by atoms with Crippen molar-refractivity contribution in [1.82, 2.24) is 0 Å². The number of carbonyl (C=O) groups excluding carboxylic acids is 2. The van der Waals surface area contributed by atoms with Crippen molar-refractivity contribution in [2.75, 3.05) is 0 Å². The standard InChI is InChI=1S/2CH2O.CH4.Y/c2*1-2;;/h2*1H2;1H4;.